The van der Waals surface area contributed by atoms with Crippen molar-refractivity contribution < 1.29 is 38.0 Å². The molecule has 0 spiro atoms. The first-order valence-electron chi connectivity index (χ1n) is 39.0. The van der Waals surface area contributed by atoms with Crippen LogP contribution in [0.3, 0.4) is 0 Å². The lowest BCUT2D eigenvalue weighted by atomic mass is 10.1. The van der Waals surface area contributed by atoms with Crippen molar-refractivity contribution in [2.75, 3.05) is 26.4 Å². The van der Waals surface area contributed by atoms with Gasteiger partial charge in [-0.05, 0) is 129 Å². The molecule has 0 aliphatic carbocycles. The second kappa shape index (κ2) is 54.4. The second-order valence-electron chi connectivity index (χ2n) is 26.8. The summed E-state index contributed by atoms with van der Waals surface area (Å²) in [6.45, 7) is 11.6. The van der Waals surface area contributed by atoms with Crippen molar-refractivity contribution in [1.82, 2.24) is 0 Å². The van der Waals surface area contributed by atoms with E-state index in [9.17, 15) is 9.59 Å². The molecule has 0 fully saturated rings. The molecule has 8 nitrogen and oxygen atoms in total. The van der Waals surface area contributed by atoms with E-state index in [0.717, 1.165) is 61.2 Å². The Balaban J connectivity index is 1.30. The zero-order valence-corrected chi connectivity index (χ0v) is 60.6. The molecule has 5 aromatic rings. The van der Waals surface area contributed by atoms with Gasteiger partial charge >= 0.3 is 11.9 Å². The highest BCUT2D eigenvalue weighted by molar-refractivity contribution is 5.93. The van der Waals surface area contributed by atoms with Gasteiger partial charge in [-0.2, -0.15) is 0 Å². The molecule has 0 saturated carbocycles. The van der Waals surface area contributed by atoms with Crippen molar-refractivity contribution in [2.24, 2.45) is 0 Å². The number of esters is 2. The molecule has 0 aliphatic rings. The van der Waals surface area contributed by atoms with Gasteiger partial charge in [0.1, 0.15) is 23.0 Å². The minimum Gasteiger partial charge on any atom is -0.494 e. The number of carbonyl (C=O) groups excluding carboxylic acids is 2. The lowest BCUT2D eigenvalue weighted by molar-refractivity contribution is 0.0732. The largest absolute Gasteiger partial charge is 0.494 e. The molecule has 0 N–H and O–H groups in total. The van der Waals surface area contributed by atoms with E-state index in [-0.39, 0.29) is 11.5 Å². The minimum atomic E-state index is -0.597. The van der Waals surface area contributed by atoms with Crippen LogP contribution in [0.5, 0.6) is 34.5 Å². The smallest absolute Gasteiger partial charge is 0.343 e. The Morgan fingerprint density at radius 3 is 0.688 bits per heavy atom. The first-order valence-corrected chi connectivity index (χ1v) is 39.0. The summed E-state index contributed by atoms with van der Waals surface area (Å²) in [6, 6.07) is 32.9. The highest BCUT2D eigenvalue weighted by Crippen LogP contribution is 2.32. The van der Waals surface area contributed by atoms with Crippen LogP contribution < -0.4 is 28.4 Å². The van der Waals surface area contributed by atoms with Gasteiger partial charge in [-0.1, -0.05) is 308 Å². The highest BCUT2D eigenvalue weighted by Gasteiger charge is 2.19. The van der Waals surface area contributed by atoms with Gasteiger partial charge in [0.2, 0.25) is 0 Å². The van der Waals surface area contributed by atoms with Gasteiger partial charge in [0.05, 0.1) is 48.7 Å². The molecule has 5 rings (SSSR count). The van der Waals surface area contributed by atoms with E-state index in [4.69, 9.17) is 28.4 Å². The third-order valence-corrected chi connectivity index (χ3v) is 18.1. The molecule has 0 amide bonds. The van der Waals surface area contributed by atoms with E-state index in [2.05, 4.69) is 51.4 Å². The number of carbonyl (C=O) groups is 2. The molecule has 0 bridgehead atoms. The molecule has 526 valence electrons. The summed E-state index contributed by atoms with van der Waals surface area (Å²) in [4.78, 5) is 28.4. The average molecular weight is 1310 g/mol. The fraction of sp³-hybridized carbons (Fsp3) is 0.591. The van der Waals surface area contributed by atoms with Crippen molar-refractivity contribution in [3.63, 3.8) is 0 Å². The number of unbranched alkanes of at least 4 members (excludes halogenated alkanes) is 40. The van der Waals surface area contributed by atoms with Gasteiger partial charge in [-0.15, -0.1) is 0 Å². The molecule has 0 aliphatic heterocycles. The van der Waals surface area contributed by atoms with Crippen LogP contribution in [0.1, 0.15) is 353 Å². The molecular weight excluding hydrogens is 1180 g/mol. The van der Waals surface area contributed by atoms with Crippen LogP contribution in [0.25, 0.3) is 0 Å². The topological polar surface area (TPSA) is 89.5 Å². The third-order valence-electron chi connectivity index (χ3n) is 18.1. The fourth-order valence-corrected chi connectivity index (χ4v) is 12.0. The van der Waals surface area contributed by atoms with Crippen LogP contribution in [0, 0.1) is 23.7 Å². The Morgan fingerprint density at radius 2 is 0.458 bits per heavy atom. The van der Waals surface area contributed by atoms with E-state index < -0.39 is 11.9 Å². The van der Waals surface area contributed by atoms with Crippen LogP contribution in [0.4, 0.5) is 0 Å². The van der Waals surface area contributed by atoms with E-state index in [1.165, 1.54) is 244 Å². The van der Waals surface area contributed by atoms with Crippen molar-refractivity contribution >= 4 is 11.9 Å². The molecular formula is C88H126O8. The van der Waals surface area contributed by atoms with Crippen LogP contribution in [0.2, 0.25) is 0 Å². The van der Waals surface area contributed by atoms with Crippen molar-refractivity contribution in [3.05, 3.63) is 143 Å². The molecule has 0 atom stereocenters. The van der Waals surface area contributed by atoms with E-state index >= 15 is 0 Å². The van der Waals surface area contributed by atoms with Gasteiger partial charge < -0.3 is 28.4 Å². The Kier molecular flexibility index (Phi) is 45.3. The second-order valence-corrected chi connectivity index (χ2v) is 26.8. The van der Waals surface area contributed by atoms with Crippen molar-refractivity contribution in [2.45, 2.75) is 310 Å². The Hall–Kier alpha value is -6.64. The lowest BCUT2D eigenvalue weighted by Crippen LogP contribution is -2.12. The molecule has 0 saturated heterocycles. The van der Waals surface area contributed by atoms with Gasteiger partial charge in [0.25, 0.3) is 0 Å². The quantitative estimate of drug-likeness (QED) is 0.0165. The molecule has 0 heterocycles. The molecule has 96 heavy (non-hydrogen) atoms. The fourth-order valence-electron chi connectivity index (χ4n) is 12.0. The molecule has 8 heteroatoms. The van der Waals surface area contributed by atoms with Crippen LogP contribution in [0.15, 0.2) is 109 Å². The molecule has 5 aromatic carbocycles. The number of ether oxygens (including phenoxy) is 6. The Bertz CT molecular complexity index is 2690. The van der Waals surface area contributed by atoms with Gasteiger partial charge in [0, 0.05) is 17.2 Å². The average Bonchev–Trinajstić information content (AvgIpc) is 0.909. The molecule has 0 aromatic heterocycles. The number of rotatable bonds is 56. The van der Waals surface area contributed by atoms with Gasteiger partial charge in [-0.25, -0.2) is 9.59 Å². The third kappa shape index (κ3) is 37.8. The predicted molar refractivity (Wildman–Crippen MR) is 402 cm³/mol. The summed E-state index contributed by atoms with van der Waals surface area (Å²) in [5.41, 5.74) is 2.94. The zero-order chi connectivity index (χ0) is 67.8. The first-order chi connectivity index (χ1) is 47.4. The maximum atomic E-state index is 14.2. The Labute approximate surface area is 584 Å². The lowest BCUT2D eigenvalue weighted by Gasteiger charge is -2.13. The van der Waals surface area contributed by atoms with Crippen LogP contribution in [-0.2, 0) is 0 Å². The summed E-state index contributed by atoms with van der Waals surface area (Å²) in [6.07, 6.45) is 56.2. The minimum absolute atomic E-state index is 0.120. The summed E-state index contributed by atoms with van der Waals surface area (Å²) in [5, 5.41) is 0. The van der Waals surface area contributed by atoms with E-state index in [1.807, 2.05) is 48.5 Å². The number of hydrogen-bond acceptors (Lipinski definition) is 8. The first kappa shape index (κ1) is 80.0. The molecule has 0 radical (unpaired) electrons. The zero-order valence-electron chi connectivity index (χ0n) is 60.6. The van der Waals surface area contributed by atoms with Crippen molar-refractivity contribution in [3.8, 4) is 58.2 Å². The van der Waals surface area contributed by atoms with E-state index in [1.54, 1.807) is 60.7 Å². The SMILES string of the molecule is CCCCCCCCCCCCCOc1ccc(C#Cc2cc(C#Cc3ccc(OCCCCCCCCCCCCC)cc3)c(OC(=O)c3ccc(OCCCCCCCCCCCCC)cc3)cc2OC(=O)c2ccc(OCCCCCCCCCCCCC)cc2)cc1. The molecule has 0 unspecified atom stereocenters. The summed E-state index contributed by atoms with van der Waals surface area (Å²) >= 11 is 0. The van der Waals surface area contributed by atoms with Crippen LogP contribution in [-0.4, -0.2) is 38.4 Å². The van der Waals surface area contributed by atoms with Crippen LogP contribution >= 0.6 is 0 Å². The van der Waals surface area contributed by atoms with Gasteiger partial charge in [0.15, 0.2) is 11.5 Å². The maximum Gasteiger partial charge on any atom is 0.343 e. The summed E-state index contributed by atoms with van der Waals surface area (Å²) in [7, 11) is 0. The van der Waals surface area contributed by atoms with Gasteiger partial charge in [-0.3, -0.25) is 0 Å². The normalized spacial score (nSPS) is 11.0. The summed E-state index contributed by atoms with van der Waals surface area (Å²) < 4.78 is 37.0. The standard InChI is InChI=1S/C88H126O8/c1-5-9-13-17-21-25-29-33-37-41-45-69-91-81-61-51-75(52-62-81)49-55-79-73-80(56-50-76-53-63-82(64-54-76)92-70-46-42-38-34-30-26-22-18-14-10-6-2)86(96-88(90)78-59-67-84(68-60-78)94-72-48-44-40-36-32-28-24-20-16-12-8-4)74-85(79)95-87(89)77-57-65-83(66-58-77)93-71-47-43-39-35-31-27-23-19-15-11-7-3/h51-54,57-68,73-74H,5-48,69-72H2,1-4H3. The Morgan fingerprint density at radius 1 is 0.250 bits per heavy atom. The van der Waals surface area contributed by atoms with E-state index in [0.29, 0.717) is 60.2 Å². The summed E-state index contributed by atoms with van der Waals surface area (Å²) in [5.74, 6) is 15.2. The monoisotopic (exact) mass is 1310 g/mol. The number of benzene rings is 5. The predicted octanol–water partition coefficient (Wildman–Crippen LogP) is 25.7. The maximum absolute atomic E-state index is 14.2. The number of hydrogen-bond donors (Lipinski definition) is 0. The highest BCUT2D eigenvalue weighted by atomic mass is 16.5. The van der Waals surface area contributed by atoms with Crippen molar-refractivity contribution in [1.29, 1.82) is 0 Å².